The van der Waals surface area contributed by atoms with E-state index in [1.165, 1.54) is 4.90 Å². The molecule has 0 radical (unpaired) electrons. The maximum Gasteiger partial charge on any atom is 0.295 e. The van der Waals surface area contributed by atoms with Crippen molar-refractivity contribution in [2.24, 2.45) is 0 Å². The van der Waals surface area contributed by atoms with Crippen LogP contribution in [0.3, 0.4) is 0 Å². The molecule has 1 N–H and O–H groups in total. The van der Waals surface area contributed by atoms with Gasteiger partial charge in [-0.2, -0.15) is 0 Å². The number of hydrogen-bond donors (Lipinski definition) is 1. The van der Waals surface area contributed by atoms with Crippen LogP contribution in [-0.4, -0.2) is 33.3 Å². The molecule has 3 aromatic rings. The molecule has 2 aromatic carbocycles. The average molecular weight is 463 g/mol. The first kappa shape index (κ1) is 22.6. The van der Waals surface area contributed by atoms with Crippen LogP contribution in [0.5, 0.6) is 5.75 Å². The quantitative estimate of drug-likeness (QED) is 0.298. The fraction of sp³-hybridized carbons (Fsp3) is 0.192. The van der Waals surface area contributed by atoms with Crippen molar-refractivity contribution in [2.75, 3.05) is 6.61 Å². The van der Waals surface area contributed by atoms with Crippen LogP contribution in [0.4, 0.5) is 0 Å². The van der Waals surface area contributed by atoms with Crippen LogP contribution in [0.15, 0.2) is 78.6 Å². The number of hydrogen-bond acceptors (Lipinski definition) is 5. The second kappa shape index (κ2) is 9.88. The standard InChI is InChI=1S/C26H23ClN2O4/c1-2-14-33-21-11-7-18(8-12-21)23-22(24(30)19-5-9-20(27)10-6-19)25(31)26(32)29(23)16-17-4-3-13-28-15-17/h3-13,15,23,30H,2,14,16H2,1H3/t23-/m1/s1. The number of amides is 1. The lowest BCUT2D eigenvalue weighted by Gasteiger charge is -2.25. The summed E-state index contributed by atoms with van der Waals surface area (Å²) < 4.78 is 5.66. The number of likely N-dealkylation sites (tertiary alicyclic amines) is 1. The highest BCUT2D eigenvalue weighted by atomic mass is 35.5. The number of aromatic nitrogens is 1. The van der Waals surface area contributed by atoms with Gasteiger partial charge in [0, 0.05) is 29.5 Å². The van der Waals surface area contributed by atoms with Gasteiger partial charge in [0.25, 0.3) is 11.7 Å². The fourth-order valence-electron chi connectivity index (χ4n) is 3.81. The zero-order chi connectivity index (χ0) is 23.4. The van der Waals surface area contributed by atoms with Gasteiger partial charge in [-0.25, -0.2) is 0 Å². The van der Waals surface area contributed by atoms with Gasteiger partial charge < -0.3 is 14.7 Å². The minimum Gasteiger partial charge on any atom is -0.507 e. The number of aliphatic hydroxyl groups excluding tert-OH is 1. The minimum atomic E-state index is -0.763. The van der Waals surface area contributed by atoms with Crippen LogP contribution in [0, 0.1) is 0 Å². The SMILES string of the molecule is CCCOc1ccc([C@@H]2C(=C(O)c3ccc(Cl)cc3)C(=O)C(=O)N2Cc2cccnc2)cc1. The van der Waals surface area contributed by atoms with Crippen molar-refractivity contribution in [2.45, 2.75) is 25.9 Å². The molecule has 0 aliphatic carbocycles. The Morgan fingerprint density at radius 1 is 1.09 bits per heavy atom. The number of pyridine rings is 1. The molecule has 1 amide bonds. The number of aliphatic hydroxyl groups is 1. The van der Waals surface area contributed by atoms with Gasteiger partial charge in [0.1, 0.15) is 11.5 Å². The number of ketones is 1. The summed E-state index contributed by atoms with van der Waals surface area (Å²) in [5.41, 5.74) is 1.91. The smallest absolute Gasteiger partial charge is 0.295 e. The van der Waals surface area contributed by atoms with Crippen LogP contribution in [-0.2, 0) is 16.1 Å². The van der Waals surface area contributed by atoms with Gasteiger partial charge in [-0.15, -0.1) is 0 Å². The van der Waals surface area contributed by atoms with Crippen LogP contribution in [0.25, 0.3) is 5.76 Å². The van der Waals surface area contributed by atoms with Crippen LogP contribution < -0.4 is 4.74 Å². The Labute approximate surface area is 197 Å². The number of benzene rings is 2. The molecule has 4 rings (SSSR count). The minimum absolute atomic E-state index is 0.0356. The molecule has 1 aliphatic rings. The first-order chi connectivity index (χ1) is 16.0. The third-order valence-electron chi connectivity index (χ3n) is 5.40. The van der Waals surface area contributed by atoms with Gasteiger partial charge in [-0.1, -0.05) is 36.7 Å². The molecule has 0 saturated carbocycles. The van der Waals surface area contributed by atoms with E-state index in [1.807, 2.05) is 25.1 Å². The Morgan fingerprint density at radius 3 is 2.45 bits per heavy atom. The third-order valence-corrected chi connectivity index (χ3v) is 5.65. The largest absolute Gasteiger partial charge is 0.507 e. The van der Waals surface area contributed by atoms with E-state index < -0.39 is 17.7 Å². The molecule has 33 heavy (non-hydrogen) atoms. The predicted octanol–water partition coefficient (Wildman–Crippen LogP) is 5.15. The van der Waals surface area contributed by atoms with Gasteiger partial charge >= 0.3 is 0 Å². The first-order valence-electron chi connectivity index (χ1n) is 10.7. The second-order valence-electron chi connectivity index (χ2n) is 7.71. The molecule has 7 heteroatoms. The van der Waals surface area contributed by atoms with E-state index in [2.05, 4.69) is 4.98 Å². The van der Waals surface area contributed by atoms with Crippen LogP contribution >= 0.6 is 11.6 Å². The molecule has 1 aromatic heterocycles. The Hall–Kier alpha value is -3.64. The molecular formula is C26H23ClN2O4. The topological polar surface area (TPSA) is 79.7 Å². The molecule has 2 heterocycles. The highest BCUT2D eigenvalue weighted by Gasteiger charge is 2.46. The van der Waals surface area contributed by atoms with E-state index in [1.54, 1.807) is 54.9 Å². The van der Waals surface area contributed by atoms with Gasteiger partial charge in [0.15, 0.2) is 0 Å². The summed E-state index contributed by atoms with van der Waals surface area (Å²) in [5.74, 6) is -0.953. The van der Waals surface area contributed by atoms with E-state index in [4.69, 9.17) is 16.3 Å². The molecule has 1 atom stereocenters. The normalized spacial score (nSPS) is 17.4. The predicted molar refractivity (Wildman–Crippen MR) is 126 cm³/mol. The molecule has 0 spiro atoms. The summed E-state index contributed by atoms with van der Waals surface area (Å²) in [4.78, 5) is 31.7. The second-order valence-corrected chi connectivity index (χ2v) is 8.15. The summed E-state index contributed by atoms with van der Waals surface area (Å²) in [5, 5.41) is 11.6. The van der Waals surface area contributed by atoms with Gasteiger partial charge in [0.2, 0.25) is 0 Å². The summed E-state index contributed by atoms with van der Waals surface area (Å²) >= 11 is 5.97. The number of nitrogens with zero attached hydrogens (tertiary/aromatic N) is 2. The molecular weight excluding hydrogens is 440 g/mol. The van der Waals surface area contributed by atoms with Crippen molar-refractivity contribution in [3.05, 3.63) is 100 Å². The fourth-order valence-corrected chi connectivity index (χ4v) is 3.93. The Balaban J connectivity index is 1.80. The summed E-state index contributed by atoms with van der Waals surface area (Å²) in [6.07, 6.45) is 4.18. The van der Waals surface area contributed by atoms with E-state index >= 15 is 0 Å². The Bertz CT molecular complexity index is 1180. The maximum absolute atomic E-state index is 13.1. The van der Waals surface area contributed by atoms with Crippen molar-refractivity contribution in [3.63, 3.8) is 0 Å². The molecule has 1 saturated heterocycles. The molecule has 0 unspecified atom stereocenters. The first-order valence-corrected chi connectivity index (χ1v) is 11.0. The molecule has 0 bridgehead atoms. The van der Waals surface area contributed by atoms with E-state index in [0.717, 1.165) is 12.0 Å². The highest BCUT2D eigenvalue weighted by molar-refractivity contribution is 6.46. The number of halogens is 1. The van der Waals surface area contributed by atoms with Crippen molar-refractivity contribution in [1.82, 2.24) is 9.88 Å². The summed E-state index contributed by atoms with van der Waals surface area (Å²) in [6.45, 7) is 2.79. The van der Waals surface area contributed by atoms with E-state index in [9.17, 15) is 14.7 Å². The number of carbonyl (C=O) groups is 2. The lowest BCUT2D eigenvalue weighted by molar-refractivity contribution is -0.140. The zero-order valence-electron chi connectivity index (χ0n) is 18.1. The molecule has 1 fully saturated rings. The lowest BCUT2D eigenvalue weighted by atomic mass is 9.95. The van der Waals surface area contributed by atoms with E-state index in [-0.39, 0.29) is 17.9 Å². The van der Waals surface area contributed by atoms with Gasteiger partial charge in [-0.3, -0.25) is 14.6 Å². The molecule has 6 nitrogen and oxygen atoms in total. The number of carbonyl (C=O) groups excluding carboxylic acids is 2. The zero-order valence-corrected chi connectivity index (χ0v) is 18.8. The summed E-state index contributed by atoms with van der Waals surface area (Å²) in [6, 6.07) is 16.6. The molecule has 168 valence electrons. The van der Waals surface area contributed by atoms with Gasteiger partial charge in [0.05, 0.1) is 18.2 Å². The van der Waals surface area contributed by atoms with Crippen molar-refractivity contribution >= 4 is 29.1 Å². The van der Waals surface area contributed by atoms with E-state index in [0.29, 0.717) is 28.5 Å². The monoisotopic (exact) mass is 462 g/mol. The van der Waals surface area contributed by atoms with Crippen molar-refractivity contribution < 1.29 is 19.4 Å². The van der Waals surface area contributed by atoms with Crippen LogP contribution in [0.2, 0.25) is 5.02 Å². The Morgan fingerprint density at radius 2 is 1.82 bits per heavy atom. The third kappa shape index (κ3) is 4.76. The number of Topliss-reactive ketones (excluding diaryl/α,β-unsaturated/α-hetero) is 1. The Kier molecular flexibility index (Phi) is 6.75. The summed E-state index contributed by atoms with van der Waals surface area (Å²) in [7, 11) is 0. The lowest BCUT2D eigenvalue weighted by Crippen LogP contribution is -2.29. The highest BCUT2D eigenvalue weighted by Crippen LogP contribution is 2.40. The van der Waals surface area contributed by atoms with Crippen molar-refractivity contribution in [1.29, 1.82) is 0 Å². The molecule has 1 aliphatic heterocycles. The number of rotatable bonds is 7. The average Bonchev–Trinajstić information content (AvgIpc) is 3.08. The maximum atomic E-state index is 13.1. The number of ether oxygens (including phenoxy) is 1. The van der Waals surface area contributed by atoms with Crippen molar-refractivity contribution in [3.8, 4) is 5.75 Å². The van der Waals surface area contributed by atoms with Crippen LogP contribution in [0.1, 0.15) is 36.1 Å². The van der Waals surface area contributed by atoms with Gasteiger partial charge in [-0.05, 0) is 60.0 Å².